The lowest BCUT2D eigenvalue weighted by Gasteiger charge is -2.33. The van der Waals surface area contributed by atoms with Crippen LogP contribution in [0.25, 0.3) is 0 Å². The van der Waals surface area contributed by atoms with E-state index in [9.17, 15) is 0 Å². The lowest BCUT2D eigenvalue weighted by Crippen LogP contribution is -2.34. The summed E-state index contributed by atoms with van der Waals surface area (Å²) in [7, 11) is 0. The zero-order chi connectivity index (χ0) is 14.7. The molecule has 1 aromatic rings. The van der Waals surface area contributed by atoms with Gasteiger partial charge in [0.15, 0.2) is 0 Å². The van der Waals surface area contributed by atoms with Crippen molar-refractivity contribution >= 4 is 0 Å². The van der Waals surface area contributed by atoms with E-state index in [0.717, 1.165) is 12.5 Å². The average molecular weight is 281 g/mol. The molecule has 1 aromatic carbocycles. The Balaban J connectivity index is 1.56. The minimum absolute atomic E-state index is 0.761. The maximum absolute atomic E-state index is 2.62. The molecule has 1 nitrogen and oxygen atoms in total. The summed E-state index contributed by atoms with van der Waals surface area (Å²) in [6.45, 7) is 8.06. The number of hydrogen-bond acceptors (Lipinski definition) is 1. The summed E-state index contributed by atoms with van der Waals surface area (Å²) in [6, 6.07) is 7.03. The molecule has 0 aromatic heterocycles. The molecule has 0 N–H and O–H groups in total. The molecular formula is C20H27N. The molecule has 0 spiro atoms. The zero-order valence-electron chi connectivity index (χ0n) is 13.4. The number of benzene rings is 1. The van der Waals surface area contributed by atoms with Crippen molar-refractivity contribution in [3.05, 3.63) is 58.7 Å². The van der Waals surface area contributed by atoms with Crippen LogP contribution in [0.5, 0.6) is 0 Å². The molecule has 1 saturated heterocycles. The Labute approximate surface area is 129 Å². The van der Waals surface area contributed by atoms with Gasteiger partial charge in [0.25, 0.3) is 0 Å². The van der Waals surface area contributed by atoms with Crippen molar-refractivity contribution in [1.82, 2.24) is 4.90 Å². The van der Waals surface area contributed by atoms with Gasteiger partial charge in [0.2, 0.25) is 0 Å². The van der Waals surface area contributed by atoms with E-state index < -0.39 is 0 Å². The smallest absolute Gasteiger partial charge is 0.0230 e. The summed E-state index contributed by atoms with van der Waals surface area (Å²) in [6.07, 6.45) is 12.1. The Morgan fingerprint density at radius 1 is 1.05 bits per heavy atom. The number of hydrogen-bond donors (Lipinski definition) is 0. The predicted molar refractivity (Wildman–Crippen MR) is 90.8 cm³/mol. The molecule has 3 rings (SSSR count). The second-order valence-corrected chi connectivity index (χ2v) is 6.65. The number of aryl methyl sites for hydroxylation is 2. The summed E-state index contributed by atoms with van der Waals surface area (Å²) >= 11 is 0. The molecule has 0 saturated carbocycles. The standard InChI is InChI=1S/C20H27N/c1-16-8-9-20(14-17(16)2)19-10-12-21(13-11-19)15-18-6-4-3-5-7-18/h4,6-9,14,19H,3,5,10-13,15H2,1-2H3. The third kappa shape index (κ3) is 3.65. The minimum atomic E-state index is 0.761. The van der Waals surface area contributed by atoms with E-state index in [-0.39, 0.29) is 0 Å². The van der Waals surface area contributed by atoms with Crippen molar-refractivity contribution < 1.29 is 0 Å². The maximum Gasteiger partial charge on any atom is 0.0230 e. The van der Waals surface area contributed by atoms with Crippen LogP contribution in [0.15, 0.2) is 42.0 Å². The highest BCUT2D eigenvalue weighted by molar-refractivity contribution is 5.32. The van der Waals surface area contributed by atoms with E-state index in [4.69, 9.17) is 0 Å². The summed E-state index contributed by atoms with van der Waals surface area (Å²) in [5, 5.41) is 0. The van der Waals surface area contributed by atoms with Gasteiger partial charge in [-0.1, -0.05) is 36.4 Å². The molecular weight excluding hydrogens is 254 g/mol. The van der Waals surface area contributed by atoms with Gasteiger partial charge in [-0.2, -0.15) is 0 Å². The first kappa shape index (κ1) is 14.6. The maximum atomic E-state index is 2.62. The summed E-state index contributed by atoms with van der Waals surface area (Å²) < 4.78 is 0. The molecule has 112 valence electrons. The van der Waals surface area contributed by atoms with Crippen LogP contribution in [0.1, 0.15) is 48.3 Å². The number of likely N-dealkylation sites (tertiary alicyclic amines) is 1. The number of rotatable bonds is 3. The largest absolute Gasteiger partial charge is 0.299 e. The van der Waals surface area contributed by atoms with Gasteiger partial charge in [-0.05, 0) is 80.8 Å². The first-order valence-electron chi connectivity index (χ1n) is 8.37. The van der Waals surface area contributed by atoms with Crippen LogP contribution in [0.2, 0.25) is 0 Å². The van der Waals surface area contributed by atoms with E-state index in [0.29, 0.717) is 0 Å². The number of allylic oxidation sites excluding steroid dienone is 2. The summed E-state index contributed by atoms with van der Waals surface area (Å²) in [5.41, 5.74) is 5.92. The van der Waals surface area contributed by atoms with Crippen molar-refractivity contribution in [3.63, 3.8) is 0 Å². The van der Waals surface area contributed by atoms with Crippen LogP contribution < -0.4 is 0 Å². The molecule has 0 amide bonds. The highest BCUT2D eigenvalue weighted by Gasteiger charge is 2.21. The first-order chi connectivity index (χ1) is 10.2. The van der Waals surface area contributed by atoms with Gasteiger partial charge >= 0.3 is 0 Å². The SMILES string of the molecule is Cc1ccc(C2CCN(CC3=CCCC=C3)CC2)cc1C. The highest BCUT2D eigenvalue weighted by atomic mass is 15.1. The normalized spacial score (nSPS) is 20.6. The molecule has 0 atom stereocenters. The minimum Gasteiger partial charge on any atom is -0.299 e. The molecule has 1 aliphatic carbocycles. The zero-order valence-corrected chi connectivity index (χ0v) is 13.4. The third-order valence-electron chi connectivity index (χ3n) is 5.07. The van der Waals surface area contributed by atoms with Gasteiger partial charge < -0.3 is 0 Å². The molecule has 2 aliphatic rings. The Morgan fingerprint density at radius 3 is 2.52 bits per heavy atom. The van der Waals surface area contributed by atoms with E-state index in [1.54, 1.807) is 5.56 Å². The fourth-order valence-electron chi connectivity index (χ4n) is 3.49. The van der Waals surface area contributed by atoms with Crippen molar-refractivity contribution in [3.8, 4) is 0 Å². The van der Waals surface area contributed by atoms with Crippen LogP contribution in [0.4, 0.5) is 0 Å². The average Bonchev–Trinajstić information content (AvgIpc) is 2.52. The molecule has 0 bridgehead atoms. The van der Waals surface area contributed by atoms with Crippen LogP contribution in [-0.2, 0) is 0 Å². The summed E-state index contributed by atoms with van der Waals surface area (Å²) in [4.78, 5) is 2.62. The fourth-order valence-corrected chi connectivity index (χ4v) is 3.49. The molecule has 1 fully saturated rings. The van der Waals surface area contributed by atoms with E-state index in [1.807, 2.05) is 0 Å². The Morgan fingerprint density at radius 2 is 1.86 bits per heavy atom. The highest BCUT2D eigenvalue weighted by Crippen LogP contribution is 2.29. The van der Waals surface area contributed by atoms with Gasteiger partial charge in [-0.15, -0.1) is 0 Å². The first-order valence-corrected chi connectivity index (χ1v) is 8.37. The molecule has 0 radical (unpaired) electrons. The van der Waals surface area contributed by atoms with Crippen molar-refractivity contribution in [2.75, 3.05) is 19.6 Å². The molecule has 21 heavy (non-hydrogen) atoms. The van der Waals surface area contributed by atoms with Gasteiger partial charge in [-0.25, -0.2) is 0 Å². The Kier molecular flexibility index (Phi) is 4.60. The topological polar surface area (TPSA) is 3.24 Å². The van der Waals surface area contributed by atoms with Crippen molar-refractivity contribution in [1.29, 1.82) is 0 Å². The fraction of sp³-hybridized carbons (Fsp3) is 0.500. The van der Waals surface area contributed by atoms with Crippen LogP contribution in [0, 0.1) is 13.8 Å². The summed E-state index contributed by atoms with van der Waals surface area (Å²) in [5.74, 6) is 0.761. The van der Waals surface area contributed by atoms with Crippen LogP contribution >= 0.6 is 0 Å². The monoisotopic (exact) mass is 281 g/mol. The van der Waals surface area contributed by atoms with Crippen LogP contribution in [-0.4, -0.2) is 24.5 Å². The third-order valence-corrected chi connectivity index (χ3v) is 5.07. The van der Waals surface area contributed by atoms with Gasteiger partial charge in [0.05, 0.1) is 0 Å². The lowest BCUT2D eigenvalue weighted by atomic mass is 9.87. The van der Waals surface area contributed by atoms with Gasteiger partial charge in [0.1, 0.15) is 0 Å². The van der Waals surface area contributed by atoms with E-state index >= 15 is 0 Å². The predicted octanol–water partition coefficient (Wildman–Crippen LogP) is 4.76. The lowest BCUT2D eigenvalue weighted by molar-refractivity contribution is 0.229. The molecule has 1 aliphatic heterocycles. The Hall–Kier alpha value is -1.34. The number of nitrogens with zero attached hydrogens (tertiary/aromatic N) is 1. The molecule has 0 unspecified atom stereocenters. The second kappa shape index (κ2) is 6.62. The molecule has 1 heterocycles. The van der Waals surface area contributed by atoms with Crippen molar-refractivity contribution in [2.45, 2.75) is 45.4 Å². The van der Waals surface area contributed by atoms with Crippen molar-refractivity contribution in [2.24, 2.45) is 0 Å². The molecule has 1 heteroatoms. The van der Waals surface area contributed by atoms with E-state index in [2.05, 4.69) is 55.2 Å². The second-order valence-electron chi connectivity index (χ2n) is 6.65. The van der Waals surface area contributed by atoms with Gasteiger partial charge in [0, 0.05) is 6.54 Å². The quantitative estimate of drug-likeness (QED) is 0.772. The van der Waals surface area contributed by atoms with Crippen LogP contribution in [0.3, 0.4) is 0 Å². The number of piperidine rings is 1. The Bertz CT molecular complexity index is 545. The van der Waals surface area contributed by atoms with E-state index in [1.165, 1.54) is 55.5 Å². The van der Waals surface area contributed by atoms with Gasteiger partial charge in [-0.3, -0.25) is 4.90 Å².